The summed E-state index contributed by atoms with van der Waals surface area (Å²) in [6.07, 6.45) is 0. The normalized spacial score (nSPS) is 11.8. The molecule has 0 bridgehead atoms. The Balaban J connectivity index is 2.82. The van der Waals surface area contributed by atoms with Crippen LogP contribution >= 0.6 is 11.6 Å². The van der Waals surface area contributed by atoms with E-state index in [-0.39, 0.29) is 17.9 Å². The van der Waals surface area contributed by atoms with Crippen molar-refractivity contribution >= 4 is 23.5 Å². The molecule has 1 aromatic rings. The molecule has 0 fully saturated rings. The lowest BCUT2D eigenvalue weighted by Crippen LogP contribution is -2.34. The fourth-order valence-electron chi connectivity index (χ4n) is 1.65. The summed E-state index contributed by atoms with van der Waals surface area (Å²) >= 11 is 5.79. The molecule has 1 atom stereocenters. The number of hydrogen-bond acceptors (Lipinski definition) is 4. The molecule has 5 nitrogen and oxygen atoms in total. The number of phenolic OH excluding ortho intramolecular Hbond substituents is 1. The van der Waals surface area contributed by atoms with E-state index in [1.807, 2.05) is 0 Å². The van der Waals surface area contributed by atoms with Crippen molar-refractivity contribution < 1.29 is 19.4 Å². The molecule has 0 aliphatic rings. The van der Waals surface area contributed by atoms with Crippen molar-refractivity contribution in [1.29, 1.82) is 0 Å². The number of aromatic hydroxyl groups is 1. The number of methoxy groups -OCH3 is 1. The number of benzene rings is 1. The van der Waals surface area contributed by atoms with E-state index < -0.39 is 17.8 Å². The van der Waals surface area contributed by atoms with E-state index in [2.05, 4.69) is 4.74 Å². The number of nitrogens with zero attached hydrogens (tertiary/aromatic N) is 1. The highest BCUT2D eigenvalue weighted by atomic mass is 35.5. The number of phenols is 1. The van der Waals surface area contributed by atoms with Gasteiger partial charge in [-0.15, -0.1) is 0 Å². The van der Waals surface area contributed by atoms with Crippen LogP contribution in [0.2, 0.25) is 5.02 Å². The third-order valence-electron chi connectivity index (χ3n) is 2.69. The lowest BCUT2D eigenvalue weighted by atomic mass is 10.1. The first-order valence-corrected chi connectivity index (χ1v) is 6.06. The lowest BCUT2D eigenvalue weighted by molar-refractivity contribution is -0.145. The Labute approximate surface area is 116 Å². The molecule has 0 spiro atoms. The van der Waals surface area contributed by atoms with Gasteiger partial charge < -0.3 is 14.7 Å². The zero-order chi connectivity index (χ0) is 14.6. The van der Waals surface area contributed by atoms with Crippen LogP contribution in [0.4, 0.5) is 0 Å². The zero-order valence-electron chi connectivity index (χ0n) is 11.0. The van der Waals surface area contributed by atoms with Crippen molar-refractivity contribution in [1.82, 2.24) is 4.90 Å². The summed E-state index contributed by atoms with van der Waals surface area (Å²) in [6.45, 7) is 1.85. The van der Waals surface area contributed by atoms with Crippen molar-refractivity contribution in [3.05, 3.63) is 28.8 Å². The minimum Gasteiger partial charge on any atom is -0.507 e. The van der Waals surface area contributed by atoms with Gasteiger partial charge in [0.05, 0.1) is 18.6 Å². The summed E-state index contributed by atoms with van der Waals surface area (Å²) in [6, 6.07) is 4.23. The minimum atomic E-state index is -0.444. The molecule has 0 aliphatic carbocycles. The van der Waals surface area contributed by atoms with Gasteiger partial charge in [-0.05, 0) is 18.2 Å². The van der Waals surface area contributed by atoms with Crippen LogP contribution in [0.5, 0.6) is 5.75 Å². The van der Waals surface area contributed by atoms with E-state index in [0.717, 1.165) is 0 Å². The number of amides is 1. The van der Waals surface area contributed by atoms with E-state index in [4.69, 9.17) is 11.6 Å². The Hall–Kier alpha value is -1.75. The minimum absolute atomic E-state index is 0.104. The van der Waals surface area contributed by atoms with Gasteiger partial charge in [0, 0.05) is 18.6 Å². The van der Waals surface area contributed by atoms with Crippen LogP contribution in [0, 0.1) is 5.92 Å². The number of rotatable bonds is 4. The number of carbonyl (C=O) groups excluding carboxylic acids is 2. The highest BCUT2D eigenvalue weighted by Gasteiger charge is 2.21. The molecule has 1 rings (SSSR count). The fourth-order valence-corrected chi connectivity index (χ4v) is 1.83. The maximum atomic E-state index is 12.1. The molecule has 6 heteroatoms. The molecule has 1 aromatic carbocycles. The predicted molar refractivity (Wildman–Crippen MR) is 71.3 cm³/mol. The number of carbonyl (C=O) groups is 2. The molecule has 0 aromatic heterocycles. The first-order chi connectivity index (χ1) is 8.86. The molecule has 1 amide bonds. The van der Waals surface area contributed by atoms with Crippen LogP contribution in [0.1, 0.15) is 17.3 Å². The molecular weight excluding hydrogens is 270 g/mol. The second-order valence-electron chi connectivity index (χ2n) is 4.27. The summed E-state index contributed by atoms with van der Waals surface area (Å²) in [5, 5.41) is 10.0. The summed E-state index contributed by atoms with van der Waals surface area (Å²) in [7, 11) is 2.84. The fraction of sp³-hybridized carbons (Fsp3) is 0.385. The zero-order valence-corrected chi connectivity index (χ0v) is 11.8. The van der Waals surface area contributed by atoms with Gasteiger partial charge in [-0.1, -0.05) is 18.5 Å². The van der Waals surface area contributed by atoms with Gasteiger partial charge in [0.25, 0.3) is 5.91 Å². The van der Waals surface area contributed by atoms with Crippen LogP contribution < -0.4 is 0 Å². The van der Waals surface area contributed by atoms with Crippen molar-refractivity contribution in [3.8, 4) is 5.75 Å². The smallest absolute Gasteiger partial charge is 0.310 e. The summed E-state index contributed by atoms with van der Waals surface area (Å²) < 4.78 is 4.59. The number of halogens is 1. The van der Waals surface area contributed by atoms with Gasteiger partial charge >= 0.3 is 5.97 Å². The summed E-state index contributed by atoms with van der Waals surface area (Å²) in [5.41, 5.74) is 0.104. The summed E-state index contributed by atoms with van der Waals surface area (Å²) in [4.78, 5) is 24.8. The molecule has 1 unspecified atom stereocenters. The van der Waals surface area contributed by atoms with Crippen molar-refractivity contribution in [3.63, 3.8) is 0 Å². The average molecular weight is 286 g/mol. The van der Waals surface area contributed by atoms with E-state index in [0.29, 0.717) is 5.02 Å². The molecule has 104 valence electrons. The Kier molecular flexibility index (Phi) is 5.18. The SMILES string of the molecule is COC(=O)C(C)CN(C)C(=O)c1cc(Cl)ccc1O. The van der Waals surface area contributed by atoms with Gasteiger partial charge in [0.2, 0.25) is 0 Å². The predicted octanol–water partition coefficient (Wildman–Crippen LogP) is 1.93. The topological polar surface area (TPSA) is 66.8 Å². The number of ether oxygens (including phenoxy) is 1. The van der Waals surface area contributed by atoms with Crippen LogP contribution in [0.15, 0.2) is 18.2 Å². The van der Waals surface area contributed by atoms with Crippen LogP contribution in [-0.2, 0) is 9.53 Å². The summed E-state index contributed by atoms with van der Waals surface area (Å²) in [5.74, 6) is -1.39. The first-order valence-electron chi connectivity index (χ1n) is 5.68. The van der Waals surface area contributed by atoms with E-state index in [9.17, 15) is 14.7 Å². The third kappa shape index (κ3) is 3.86. The van der Waals surface area contributed by atoms with Crippen LogP contribution in [0.3, 0.4) is 0 Å². The standard InChI is InChI=1S/C13H16ClNO4/c1-8(13(18)19-3)7-15(2)12(17)10-6-9(14)4-5-11(10)16/h4-6,8,16H,7H2,1-3H3. The van der Waals surface area contributed by atoms with Gasteiger partial charge in [-0.3, -0.25) is 9.59 Å². The average Bonchev–Trinajstić information content (AvgIpc) is 2.39. The molecule has 0 heterocycles. The Morgan fingerprint density at radius 1 is 1.47 bits per heavy atom. The number of esters is 1. The highest BCUT2D eigenvalue weighted by molar-refractivity contribution is 6.31. The largest absolute Gasteiger partial charge is 0.507 e. The maximum Gasteiger partial charge on any atom is 0.310 e. The third-order valence-corrected chi connectivity index (χ3v) is 2.92. The first kappa shape index (κ1) is 15.3. The van der Waals surface area contributed by atoms with Gasteiger partial charge in [-0.2, -0.15) is 0 Å². The van der Waals surface area contributed by atoms with Gasteiger partial charge in [0.1, 0.15) is 5.75 Å². The van der Waals surface area contributed by atoms with Gasteiger partial charge in [0.15, 0.2) is 0 Å². The molecule has 19 heavy (non-hydrogen) atoms. The Morgan fingerprint density at radius 2 is 2.11 bits per heavy atom. The Bertz CT molecular complexity index is 490. The molecule has 0 aliphatic heterocycles. The molecule has 0 saturated heterocycles. The highest BCUT2D eigenvalue weighted by Crippen LogP contribution is 2.22. The van der Waals surface area contributed by atoms with Crippen LogP contribution in [-0.4, -0.2) is 42.6 Å². The quantitative estimate of drug-likeness (QED) is 0.859. The Morgan fingerprint density at radius 3 is 2.68 bits per heavy atom. The van der Waals surface area contributed by atoms with E-state index in [1.54, 1.807) is 14.0 Å². The molecule has 0 radical (unpaired) electrons. The molecule has 1 N–H and O–H groups in total. The lowest BCUT2D eigenvalue weighted by Gasteiger charge is -2.20. The molecular formula is C13H16ClNO4. The maximum absolute atomic E-state index is 12.1. The van der Waals surface area contributed by atoms with Crippen molar-refractivity contribution in [2.75, 3.05) is 20.7 Å². The molecule has 0 saturated carbocycles. The van der Waals surface area contributed by atoms with Crippen molar-refractivity contribution in [2.45, 2.75) is 6.92 Å². The van der Waals surface area contributed by atoms with E-state index in [1.165, 1.54) is 30.2 Å². The second-order valence-corrected chi connectivity index (χ2v) is 4.71. The second kappa shape index (κ2) is 6.43. The van der Waals surface area contributed by atoms with Crippen molar-refractivity contribution in [2.24, 2.45) is 5.92 Å². The number of hydrogen-bond donors (Lipinski definition) is 1. The van der Waals surface area contributed by atoms with Gasteiger partial charge in [-0.25, -0.2) is 0 Å². The van der Waals surface area contributed by atoms with E-state index >= 15 is 0 Å². The monoisotopic (exact) mass is 285 g/mol. The van der Waals surface area contributed by atoms with Crippen LogP contribution in [0.25, 0.3) is 0 Å².